The molecule has 1 amide bonds. The molecule has 2 aromatic rings. The molecule has 0 radical (unpaired) electrons. The Hall–Kier alpha value is -2.61. The van der Waals surface area contributed by atoms with Crippen LogP contribution in [0, 0.1) is 0 Å². The molecule has 2 heterocycles. The zero-order valence-corrected chi connectivity index (χ0v) is 10.3. The quantitative estimate of drug-likeness (QED) is 0.536. The van der Waals surface area contributed by atoms with Crippen molar-refractivity contribution in [2.75, 3.05) is 10.7 Å². The minimum Gasteiger partial charge on any atom is -0.308 e. The Morgan fingerprint density at radius 3 is 2.84 bits per heavy atom. The maximum atomic E-state index is 12.0. The van der Waals surface area contributed by atoms with Crippen LogP contribution in [0.15, 0.2) is 24.5 Å². The van der Waals surface area contributed by atoms with Gasteiger partial charge in [-0.05, 0) is 18.6 Å². The van der Waals surface area contributed by atoms with Gasteiger partial charge in [0.2, 0.25) is 5.95 Å². The molecule has 0 aliphatic rings. The molecule has 0 spiro atoms. The van der Waals surface area contributed by atoms with Crippen LogP contribution in [0.2, 0.25) is 0 Å². The van der Waals surface area contributed by atoms with E-state index in [-0.39, 0.29) is 11.9 Å². The molecular weight excluding hydrogens is 246 g/mol. The lowest BCUT2D eigenvalue weighted by Crippen LogP contribution is -2.17. The molecule has 98 valence electrons. The summed E-state index contributed by atoms with van der Waals surface area (Å²) in [6, 6.07) is 3.23. The number of nitrogen functional groups attached to an aromatic ring is 1. The van der Waals surface area contributed by atoms with E-state index in [0.29, 0.717) is 17.8 Å². The predicted molar refractivity (Wildman–Crippen MR) is 69.2 cm³/mol. The summed E-state index contributed by atoms with van der Waals surface area (Å²) in [6.45, 7) is 1.94. The summed E-state index contributed by atoms with van der Waals surface area (Å²) >= 11 is 0. The molecule has 19 heavy (non-hydrogen) atoms. The van der Waals surface area contributed by atoms with E-state index in [1.54, 1.807) is 12.1 Å². The van der Waals surface area contributed by atoms with Crippen molar-refractivity contribution in [3.8, 4) is 0 Å². The molecule has 8 heteroatoms. The monoisotopic (exact) mass is 259 g/mol. The van der Waals surface area contributed by atoms with Gasteiger partial charge in [0.15, 0.2) is 0 Å². The number of carbonyl (C=O) groups excluding carboxylic acids is 1. The number of hydrazine groups is 1. The fourth-order valence-electron chi connectivity index (χ4n) is 1.45. The average molecular weight is 259 g/mol. The Balaban J connectivity index is 2.23. The fraction of sp³-hybridized carbons (Fsp3) is 0.182. The van der Waals surface area contributed by atoms with Gasteiger partial charge < -0.3 is 5.43 Å². The lowest BCUT2D eigenvalue weighted by atomic mass is 10.2. The normalized spacial score (nSPS) is 10.0. The number of aryl methyl sites for hydroxylation is 1. The summed E-state index contributed by atoms with van der Waals surface area (Å²) < 4.78 is 0. The van der Waals surface area contributed by atoms with Gasteiger partial charge in [-0.15, -0.1) is 5.10 Å². The van der Waals surface area contributed by atoms with Crippen molar-refractivity contribution < 1.29 is 4.79 Å². The third-order valence-electron chi connectivity index (χ3n) is 2.36. The van der Waals surface area contributed by atoms with Crippen molar-refractivity contribution in [3.63, 3.8) is 0 Å². The van der Waals surface area contributed by atoms with Gasteiger partial charge in [-0.3, -0.25) is 10.1 Å². The molecule has 0 aliphatic heterocycles. The summed E-state index contributed by atoms with van der Waals surface area (Å²) in [4.78, 5) is 20.1. The Bertz CT molecular complexity index is 550. The van der Waals surface area contributed by atoms with Crippen LogP contribution in [-0.2, 0) is 6.42 Å². The third kappa shape index (κ3) is 3.19. The number of hydrogen-bond donors (Lipinski definition) is 3. The number of nitrogens with one attached hydrogen (secondary N) is 2. The molecule has 0 fully saturated rings. The number of nitrogens with two attached hydrogens (primary N) is 1. The maximum Gasteiger partial charge on any atom is 0.258 e. The zero-order chi connectivity index (χ0) is 13.7. The minimum atomic E-state index is -0.346. The molecule has 4 N–H and O–H groups in total. The molecule has 0 saturated heterocycles. The van der Waals surface area contributed by atoms with Crippen LogP contribution in [0.4, 0.5) is 11.8 Å². The van der Waals surface area contributed by atoms with E-state index in [1.807, 2.05) is 6.92 Å². The molecule has 0 bridgehead atoms. The van der Waals surface area contributed by atoms with Crippen LogP contribution in [-0.4, -0.2) is 26.1 Å². The van der Waals surface area contributed by atoms with Gasteiger partial charge in [-0.25, -0.2) is 15.8 Å². The van der Waals surface area contributed by atoms with Crippen LogP contribution in [0.5, 0.6) is 0 Å². The molecule has 0 unspecified atom stereocenters. The Labute approximate surface area is 109 Å². The lowest BCUT2D eigenvalue weighted by Gasteiger charge is -2.07. The molecule has 2 rings (SSSR count). The van der Waals surface area contributed by atoms with E-state index in [1.165, 1.54) is 12.4 Å². The van der Waals surface area contributed by atoms with Crippen molar-refractivity contribution >= 4 is 17.7 Å². The Kier molecular flexibility index (Phi) is 3.94. The highest BCUT2D eigenvalue weighted by molar-refractivity contribution is 6.03. The number of aromatic nitrogens is 4. The summed E-state index contributed by atoms with van der Waals surface area (Å²) in [5.41, 5.74) is 3.61. The standard InChI is InChI=1S/C11H13N7O/c1-2-8-5-7(6-9(15-8)17-12)10(19)16-11-13-3-4-14-18-11/h3-6H,2,12H2,1H3,(H,15,17)(H,13,16,18,19). The van der Waals surface area contributed by atoms with Gasteiger partial charge >= 0.3 is 0 Å². The predicted octanol–water partition coefficient (Wildman–Crippen LogP) is 0.367. The van der Waals surface area contributed by atoms with Crippen LogP contribution < -0.4 is 16.6 Å². The van der Waals surface area contributed by atoms with Crippen molar-refractivity contribution in [2.45, 2.75) is 13.3 Å². The number of amides is 1. The van der Waals surface area contributed by atoms with Crippen LogP contribution in [0.25, 0.3) is 0 Å². The van der Waals surface area contributed by atoms with Crippen molar-refractivity contribution in [1.29, 1.82) is 0 Å². The first-order valence-electron chi connectivity index (χ1n) is 5.65. The topological polar surface area (TPSA) is 119 Å². The molecule has 0 saturated carbocycles. The van der Waals surface area contributed by atoms with Gasteiger partial charge in [-0.2, -0.15) is 5.10 Å². The van der Waals surface area contributed by atoms with Crippen LogP contribution in [0.1, 0.15) is 23.0 Å². The molecule has 0 aliphatic carbocycles. The molecule has 2 aromatic heterocycles. The number of anilines is 2. The minimum absolute atomic E-state index is 0.143. The van der Waals surface area contributed by atoms with Crippen molar-refractivity contribution in [2.24, 2.45) is 5.84 Å². The third-order valence-corrected chi connectivity index (χ3v) is 2.36. The Morgan fingerprint density at radius 2 is 2.21 bits per heavy atom. The fourth-order valence-corrected chi connectivity index (χ4v) is 1.45. The summed E-state index contributed by atoms with van der Waals surface area (Å²) in [7, 11) is 0. The molecule has 0 aromatic carbocycles. The van der Waals surface area contributed by atoms with E-state index in [4.69, 9.17) is 5.84 Å². The zero-order valence-electron chi connectivity index (χ0n) is 10.3. The van der Waals surface area contributed by atoms with Crippen LogP contribution >= 0.6 is 0 Å². The first-order chi connectivity index (χ1) is 9.22. The second-order valence-corrected chi connectivity index (χ2v) is 3.65. The molecule has 0 atom stereocenters. The number of carbonyl (C=O) groups is 1. The first kappa shape index (κ1) is 12.8. The van der Waals surface area contributed by atoms with Gasteiger partial charge in [0.05, 0.1) is 12.4 Å². The smallest absolute Gasteiger partial charge is 0.258 e. The average Bonchev–Trinajstić information content (AvgIpc) is 2.47. The maximum absolute atomic E-state index is 12.0. The summed E-state index contributed by atoms with van der Waals surface area (Å²) in [5.74, 6) is 5.54. The second-order valence-electron chi connectivity index (χ2n) is 3.65. The largest absolute Gasteiger partial charge is 0.308 e. The van der Waals surface area contributed by atoms with E-state index >= 15 is 0 Å². The van der Waals surface area contributed by atoms with Gasteiger partial charge in [-0.1, -0.05) is 6.92 Å². The van der Waals surface area contributed by atoms with E-state index in [2.05, 4.69) is 30.9 Å². The Morgan fingerprint density at radius 1 is 1.37 bits per heavy atom. The highest BCUT2D eigenvalue weighted by atomic mass is 16.1. The second kappa shape index (κ2) is 5.83. The number of hydrogen-bond acceptors (Lipinski definition) is 7. The molecular formula is C11H13N7O. The number of rotatable bonds is 4. The number of nitrogens with zero attached hydrogens (tertiary/aromatic N) is 4. The lowest BCUT2D eigenvalue weighted by molar-refractivity contribution is 0.102. The van der Waals surface area contributed by atoms with Crippen molar-refractivity contribution in [1.82, 2.24) is 20.2 Å². The molecule has 8 nitrogen and oxygen atoms in total. The van der Waals surface area contributed by atoms with Crippen molar-refractivity contribution in [3.05, 3.63) is 35.8 Å². The number of pyridine rings is 1. The van der Waals surface area contributed by atoms with Gasteiger partial charge in [0.25, 0.3) is 5.91 Å². The van der Waals surface area contributed by atoms with Crippen LogP contribution in [0.3, 0.4) is 0 Å². The van der Waals surface area contributed by atoms with Gasteiger partial charge in [0, 0.05) is 11.3 Å². The first-order valence-corrected chi connectivity index (χ1v) is 5.65. The SMILES string of the molecule is CCc1cc(C(=O)Nc2nccnn2)cc(NN)n1. The van der Waals surface area contributed by atoms with E-state index in [9.17, 15) is 4.79 Å². The highest BCUT2D eigenvalue weighted by Gasteiger charge is 2.10. The van der Waals surface area contributed by atoms with E-state index < -0.39 is 0 Å². The highest BCUT2D eigenvalue weighted by Crippen LogP contribution is 2.11. The van der Waals surface area contributed by atoms with E-state index in [0.717, 1.165) is 5.69 Å². The van der Waals surface area contributed by atoms with Gasteiger partial charge in [0.1, 0.15) is 5.82 Å². The summed E-state index contributed by atoms with van der Waals surface area (Å²) in [5, 5.41) is 9.85. The summed E-state index contributed by atoms with van der Waals surface area (Å²) in [6.07, 6.45) is 3.56.